The lowest BCUT2D eigenvalue weighted by Crippen LogP contribution is -2.37. The molecule has 1 heterocycles. The molecule has 2 atom stereocenters. The number of alkyl halides is 3. The molecule has 194 valence electrons. The molecule has 3 rings (SSSR count). The number of benzene rings is 2. The number of carbonyl (C=O) groups is 2. The van der Waals surface area contributed by atoms with E-state index in [-0.39, 0.29) is 42.2 Å². The molecule has 1 saturated heterocycles. The van der Waals surface area contributed by atoms with Crippen molar-refractivity contribution in [3.05, 3.63) is 59.2 Å². The molecule has 1 aliphatic rings. The average Bonchev–Trinajstić information content (AvgIpc) is 2.83. The van der Waals surface area contributed by atoms with Crippen LogP contribution in [0.1, 0.15) is 61.6 Å². The van der Waals surface area contributed by atoms with Gasteiger partial charge in [-0.05, 0) is 73.7 Å². The zero-order valence-electron chi connectivity index (χ0n) is 20.1. The monoisotopic (exact) mass is 504 g/mol. The first-order valence-electron chi connectivity index (χ1n) is 11.9. The van der Waals surface area contributed by atoms with Crippen LogP contribution in [-0.2, 0) is 15.8 Å². The summed E-state index contributed by atoms with van der Waals surface area (Å²) >= 11 is 0. The maximum atomic E-state index is 13.7. The molecule has 7 nitrogen and oxygen atoms in total. The normalized spacial score (nSPS) is 16.7. The third-order valence-corrected chi connectivity index (χ3v) is 6.12. The van der Waals surface area contributed by atoms with Gasteiger partial charge in [-0.25, -0.2) is 0 Å². The largest absolute Gasteiger partial charge is 0.488 e. The molecule has 1 fully saturated rings. The lowest BCUT2D eigenvalue weighted by Gasteiger charge is -2.26. The van der Waals surface area contributed by atoms with E-state index in [2.05, 4.69) is 10.6 Å². The molecular formula is C26H31F3N4O3. The van der Waals surface area contributed by atoms with Crippen LogP contribution < -0.4 is 21.1 Å². The first-order valence-corrected chi connectivity index (χ1v) is 11.9. The molecule has 10 heteroatoms. The zero-order valence-corrected chi connectivity index (χ0v) is 20.1. The van der Waals surface area contributed by atoms with Crippen molar-refractivity contribution in [2.45, 2.75) is 57.2 Å². The van der Waals surface area contributed by atoms with E-state index in [0.717, 1.165) is 19.0 Å². The van der Waals surface area contributed by atoms with Gasteiger partial charge in [0.1, 0.15) is 23.5 Å². The fourth-order valence-electron chi connectivity index (χ4n) is 4.03. The number of halogens is 3. The first-order chi connectivity index (χ1) is 17.0. The van der Waals surface area contributed by atoms with Gasteiger partial charge in [-0.3, -0.25) is 15.0 Å². The summed E-state index contributed by atoms with van der Waals surface area (Å²) in [5.74, 6) is -1.39. The highest BCUT2D eigenvalue weighted by atomic mass is 19.4. The number of rotatable bonds is 10. The van der Waals surface area contributed by atoms with Gasteiger partial charge in [-0.1, -0.05) is 13.0 Å². The van der Waals surface area contributed by atoms with Gasteiger partial charge in [0.15, 0.2) is 0 Å². The Kier molecular flexibility index (Phi) is 9.08. The summed E-state index contributed by atoms with van der Waals surface area (Å²) in [4.78, 5) is 24.5. The van der Waals surface area contributed by atoms with E-state index >= 15 is 0 Å². The second-order valence-corrected chi connectivity index (χ2v) is 9.03. The van der Waals surface area contributed by atoms with E-state index in [1.807, 2.05) is 0 Å². The third-order valence-electron chi connectivity index (χ3n) is 6.12. The number of ketones is 1. The Morgan fingerprint density at radius 2 is 1.94 bits per heavy atom. The van der Waals surface area contributed by atoms with Crippen molar-refractivity contribution < 1.29 is 27.5 Å². The number of Topliss-reactive ketones (excluding diaryl/α,β-unsaturated/α-hetero) is 1. The van der Waals surface area contributed by atoms with Gasteiger partial charge in [0, 0.05) is 24.2 Å². The van der Waals surface area contributed by atoms with Crippen molar-refractivity contribution in [3.8, 4) is 5.75 Å². The molecular weight excluding hydrogens is 473 g/mol. The number of anilines is 1. The SMILES string of the molecule is CC(CCC(=O)CC(=O)Nc1ccc(C(=N)N)cc1)c1ccc(OC2CCCNC2)c(C(F)(F)F)c1. The molecule has 0 radical (unpaired) electrons. The van der Waals surface area contributed by atoms with E-state index in [1.54, 1.807) is 37.3 Å². The highest BCUT2D eigenvalue weighted by Crippen LogP contribution is 2.39. The van der Waals surface area contributed by atoms with Gasteiger partial charge < -0.3 is 21.1 Å². The number of hydrogen-bond acceptors (Lipinski definition) is 5. The summed E-state index contributed by atoms with van der Waals surface area (Å²) in [6, 6.07) is 10.4. The fraction of sp³-hybridized carbons (Fsp3) is 0.423. The van der Waals surface area contributed by atoms with Crippen LogP contribution in [0, 0.1) is 5.41 Å². The molecule has 1 amide bonds. The minimum atomic E-state index is -4.57. The van der Waals surface area contributed by atoms with Gasteiger partial charge in [-0.15, -0.1) is 0 Å². The molecule has 5 N–H and O–H groups in total. The van der Waals surface area contributed by atoms with Crippen molar-refractivity contribution in [2.75, 3.05) is 18.4 Å². The smallest absolute Gasteiger partial charge is 0.419 e. The Morgan fingerprint density at radius 3 is 2.56 bits per heavy atom. The van der Waals surface area contributed by atoms with Gasteiger partial charge in [-0.2, -0.15) is 13.2 Å². The topological polar surface area (TPSA) is 117 Å². The maximum absolute atomic E-state index is 13.7. The lowest BCUT2D eigenvalue weighted by molar-refractivity contribution is -0.139. The van der Waals surface area contributed by atoms with Crippen LogP contribution in [-0.4, -0.2) is 36.7 Å². The Bertz CT molecular complexity index is 1080. The maximum Gasteiger partial charge on any atom is 0.419 e. The Morgan fingerprint density at radius 1 is 1.22 bits per heavy atom. The zero-order chi connectivity index (χ0) is 26.3. The second-order valence-electron chi connectivity index (χ2n) is 9.03. The van der Waals surface area contributed by atoms with Crippen LogP contribution in [0.25, 0.3) is 0 Å². The number of ether oxygens (including phenoxy) is 1. The van der Waals surface area contributed by atoms with E-state index in [1.165, 1.54) is 6.07 Å². The number of amidine groups is 1. The van der Waals surface area contributed by atoms with Crippen molar-refractivity contribution in [3.63, 3.8) is 0 Å². The first kappa shape index (κ1) is 27.2. The summed E-state index contributed by atoms with van der Waals surface area (Å²) in [7, 11) is 0. The van der Waals surface area contributed by atoms with Crippen LogP contribution in [0.3, 0.4) is 0 Å². The summed E-state index contributed by atoms with van der Waals surface area (Å²) in [6.45, 7) is 3.09. The van der Waals surface area contributed by atoms with Crippen LogP contribution in [0.15, 0.2) is 42.5 Å². The van der Waals surface area contributed by atoms with Gasteiger partial charge in [0.05, 0.1) is 12.0 Å². The quantitative estimate of drug-likeness (QED) is 0.214. The molecule has 0 aliphatic carbocycles. The molecule has 2 aromatic carbocycles. The highest BCUT2D eigenvalue weighted by Gasteiger charge is 2.35. The van der Waals surface area contributed by atoms with Crippen molar-refractivity contribution >= 4 is 23.2 Å². The number of piperidine rings is 1. The van der Waals surface area contributed by atoms with Gasteiger partial charge in [0.2, 0.25) is 5.91 Å². The molecule has 0 aromatic heterocycles. The van der Waals surface area contributed by atoms with Crippen molar-refractivity contribution in [2.24, 2.45) is 5.73 Å². The van der Waals surface area contributed by atoms with Crippen molar-refractivity contribution in [1.29, 1.82) is 5.41 Å². The van der Waals surface area contributed by atoms with E-state index in [4.69, 9.17) is 15.9 Å². The summed E-state index contributed by atoms with van der Waals surface area (Å²) < 4.78 is 46.9. The Hall–Kier alpha value is -3.40. The third kappa shape index (κ3) is 7.81. The van der Waals surface area contributed by atoms with Gasteiger partial charge >= 0.3 is 6.18 Å². The van der Waals surface area contributed by atoms with E-state index in [0.29, 0.717) is 36.2 Å². The average molecular weight is 505 g/mol. The molecule has 0 saturated carbocycles. The highest BCUT2D eigenvalue weighted by molar-refractivity contribution is 6.04. The van der Waals surface area contributed by atoms with Crippen LogP contribution in [0.2, 0.25) is 0 Å². The van der Waals surface area contributed by atoms with Crippen LogP contribution in [0.4, 0.5) is 18.9 Å². The summed E-state index contributed by atoms with van der Waals surface area (Å²) in [6.07, 6.45) is -3.30. The molecule has 2 aromatic rings. The lowest BCUT2D eigenvalue weighted by atomic mass is 9.93. The Balaban J connectivity index is 1.55. The van der Waals surface area contributed by atoms with Gasteiger partial charge in [0.25, 0.3) is 0 Å². The Labute approximate surface area is 208 Å². The number of carbonyl (C=O) groups excluding carboxylic acids is 2. The fourth-order valence-corrected chi connectivity index (χ4v) is 4.03. The predicted molar refractivity (Wildman–Crippen MR) is 131 cm³/mol. The molecule has 1 aliphatic heterocycles. The molecule has 0 bridgehead atoms. The van der Waals surface area contributed by atoms with E-state index < -0.39 is 17.6 Å². The standard InChI is InChI=1S/C26H31F3N4O3/c1-16(4-10-20(34)14-24(35)33-19-8-5-17(6-9-19)25(30)31)18-7-11-23(22(13-18)26(27,28)29)36-21-3-2-12-32-15-21/h5-9,11,13,16,21,32H,2-4,10,12,14-15H2,1H3,(H3,30,31)(H,33,35). The predicted octanol–water partition coefficient (Wildman–Crippen LogP) is 4.60. The summed E-state index contributed by atoms with van der Waals surface area (Å²) in [5.41, 5.74) is 6.01. The number of nitrogen functional groups attached to an aromatic ring is 1. The van der Waals surface area contributed by atoms with Crippen LogP contribution >= 0.6 is 0 Å². The minimum absolute atomic E-state index is 0.0607. The molecule has 2 unspecified atom stereocenters. The summed E-state index contributed by atoms with van der Waals surface area (Å²) in [5, 5.41) is 13.1. The molecule has 36 heavy (non-hydrogen) atoms. The number of nitrogens with one attached hydrogen (secondary N) is 3. The van der Waals surface area contributed by atoms with E-state index in [9.17, 15) is 22.8 Å². The van der Waals surface area contributed by atoms with Crippen molar-refractivity contribution in [1.82, 2.24) is 5.32 Å². The van der Waals surface area contributed by atoms with Crippen LogP contribution in [0.5, 0.6) is 5.75 Å². The number of hydrogen-bond donors (Lipinski definition) is 4. The minimum Gasteiger partial charge on any atom is -0.488 e. The second kappa shape index (κ2) is 12.0. The molecule has 0 spiro atoms. The number of nitrogens with two attached hydrogens (primary N) is 1. The number of amides is 1.